The molecule has 1 aliphatic rings. The number of rotatable bonds is 4. The summed E-state index contributed by atoms with van der Waals surface area (Å²) in [4.78, 5) is 0. The number of hydrazine groups is 1. The van der Waals surface area contributed by atoms with Gasteiger partial charge in [-0.1, -0.05) is 36.2 Å². The zero-order valence-electron chi connectivity index (χ0n) is 10.5. The molecule has 5 heteroatoms. The van der Waals surface area contributed by atoms with Gasteiger partial charge >= 0.3 is 0 Å². The molecule has 0 bridgehead atoms. The van der Waals surface area contributed by atoms with Gasteiger partial charge in [0.25, 0.3) is 0 Å². The number of halogens is 2. The Morgan fingerprint density at radius 3 is 2.61 bits per heavy atom. The summed E-state index contributed by atoms with van der Waals surface area (Å²) >= 11 is 12.0. The first kappa shape index (κ1) is 14.1. The maximum Gasteiger partial charge on any atom is 0.0608 e. The van der Waals surface area contributed by atoms with Crippen LogP contribution in [0.4, 0.5) is 0 Å². The smallest absolute Gasteiger partial charge is 0.0608 e. The lowest BCUT2D eigenvalue weighted by Gasteiger charge is -2.31. The fourth-order valence-electron chi connectivity index (χ4n) is 2.04. The monoisotopic (exact) mass is 288 g/mol. The fourth-order valence-corrected chi connectivity index (χ4v) is 2.35. The zero-order valence-corrected chi connectivity index (χ0v) is 12.0. The molecule has 0 saturated carbocycles. The summed E-state index contributed by atoms with van der Waals surface area (Å²) in [6, 6.07) is 6.07. The van der Waals surface area contributed by atoms with Crippen molar-refractivity contribution in [3.05, 3.63) is 33.8 Å². The number of hydrogen-bond donors (Lipinski definition) is 1. The number of nitrogens with one attached hydrogen (secondary N) is 1. The summed E-state index contributed by atoms with van der Waals surface area (Å²) in [5, 5.41) is 3.42. The molecule has 18 heavy (non-hydrogen) atoms. The molecule has 0 spiro atoms. The highest BCUT2D eigenvalue weighted by Crippen LogP contribution is 2.27. The van der Waals surface area contributed by atoms with E-state index in [1.165, 1.54) is 5.56 Å². The number of hydrogen-bond acceptors (Lipinski definition) is 3. The minimum absolute atomic E-state index is 0.262. The normalized spacial score (nSPS) is 18.8. The predicted molar refractivity (Wildman–Crippen MR) is 75.0 cm³/mol. The number of nitrogens with zero attached hydrogens (tertiary/aromatic N) is 1. The van der Waals surface area contributed by atoms with Gasteiger partial charge in [0.15, 0.2) is 0 Å². The first-order chi connectivity index (χ1) is 8.70. The van der Waals surface area contributed by atoms with Crippen LogP contribution in [0.3, 0.4) is 0 Å². The third-order valence-corrected chi connectivity index (χ3v) is 3.84. The lowest BCUT2D eigenvalue weighted by atomic mass is 10.1. The van der Waals surface area contributed by atoms with Crippen molar-refractivity contribution in [2.45, 2.75) is 19.4 Å². The lowest BCUT2D eigenvalue weighted by molar-refractivity contribution is 0.00299. The molecule has 100 valence electrons. The standard InChI is InChI=1S/C13H18Cl2N2O/c1-2-13(16-17-5-7-18-8-6-17)10-3-4-11(14)12(15)9-10/h3-4,9,13,16H,2,5-8H2,1H3. The van der Waals surface area contributed by atoms with E-state index in [2.05, 4.69) is 17.4 Å². The van der Waals surface area contributed by atoms with Crippen LogP contribution in [-0.4, -0.2) is 31.3 Å². The Kier molecular flexibility index (Phi) is 5.27. The Morgan fingerprint density at radius 1 is 1.28 bits per heavy atom. The zero-order chi connectivity index (χ0) is 13.0. The average Bonchev–Trinajstić information content (AvgIpc) is 2.40. The Morgan fingerprint density at radius 2 is 2.00 bits per heavy atom. The van der Waals surface area contributed by atoms with Crippen LogP contribution in [0.25, 0.3) is 0 Å². The summed E-state index contributed by atoms with van der Waals surface area (Å²) in [6.07, 6.45) is 0.995. The first-order valence-electron chi connectivity index (χ1n) is 6.24. The molecule has 0 aliphatic carbocycles. The van der Waals surface area contributed by atoms with E-state index in [0.717, 1.165) is 32.7 Å². The SMILES string of the molecule is CCC(NN1CCOCC1)c1ccc(Cl)c(Cl)c1. The average molecular weight is 289 g/mol. The summed E-state index contributed by atoms with van der Waals surface area (Å²) in [5.74, 6) is 0. The highest BCUT2D eigenvalue weighted by molar-refractivity contribution is 6.42. The minimum Gasteiger partial charge on any atom is -0.379 e. The topological polar surface area (TPSA) is 24.5 Å². The third kappa shape index (κ3) is 3.59. The molecule has 0 radical (unpaired) electrons. The van der Waals surface area contributed by atoms with Gasteiger partial charge in [-0.3, -0.25) is 0 Å². The molecule has 0 aromatic heterocycles. The summed E-state index contributed by atoms with van der Waals surface area (Å²) in [7, 11) is 0. The molecular formula is C13H18Cl2N2O. The van der Waals surface area contributed by atoms with Crippen molar-refractivity contribution in [1.29, 1.82) is 0 Å². The molecule has 1 unspecified atom stereocenters. The van der Waals surface area contributed by atoms with Gasteiger partial charge in [-0.05, 0) is 24.1 Å². The Hall–Kier alpha value is -0.320. The van der Waals surface area contributed by atoms with Gasteiger partial charge in [0.1, 0.15) is 0 Å². The second-order valence-corrected chi connectivity index (χ2v) is 5.18. The van der Waals surface area contributed by atoms with Gasteiger partial charge in [0, 0.05) is 19.1 Å². The van der Waals surface area contributed by atoms with Gasteiger partial charge in [-0.25, -0.2) is 10.4 Å². The number of ether oxygens (including phenoxy) is 1. The van der Waals surface area contributed by atoms with Crippen molar-refractivity contribution in [2.75, 3.05) is 26.3 Å². The van der Waals surface area contributed by atoms with Crippen molar-refractivity contribution in [3.63, 3.8) is 0 Å². The molecule has 1 fully saturated rings. The van der Waals surface area contributed by atoms with Gasteiger partial charge in [0.05, 0.1) is 23.3 Å². The van der Waals surface area contributed by atoms with Crippen molar-refractivity contribution in [3.8, 4) is 0 Å². The minimum atomic E-state index is 0.262. The lowest BCUT2D eigenvalue weighted by Crippen LogP contribution is -2.47. The Bertz CT molecular complexity index is 395. The fraction of sp³-hybridized carbons (Fsp3) is 0.538. The molecule has 1 aromatic rings. The molecule has 1 N–H and O–H groups in total. The van der Waals surface area contributed by atoms with E-state index in [4.69, 9.17) is 27.9 Å². The van der Waals surface area contributed by atoms with Crippen LogP contribution in [0.5, 0.6) is 0 Å². The maximum atomic E-state index is 6.06. The van der Waals surface area contributed by atoms with Crippen molar-refractivity contribution < 1.29 is 4.74 Å². The molecule has 1 atom stereocenters. The quantitative estimate of drug-likeness (QED) is 0.920. The van der Waals surface area contributed by atoms with E-state index in [9.17, 15) is 0 Å². The molecule has 1 heterocycles. The molecule has 1 aliphatic heterocycles. The third-order valence-electron chi connectivity index (χ3n) is 3.10. The highest BCUT2D eigenvalue weighted by Gasteiger charge is 2.16. The van der Waals surface area contributed by atoms with Crippen LogP contribution in [0.2, 0.25) is 10.0 Å². The van der Waals surface area contributed by atoms with Crippen LogP contribution >= 0.6 is 23.2 Å². The van der Waals surface area contributed by atoms with Crippen LogP contribution in [0, 0.1) is 0 Å². The van der Waals surface area contributed by atoms with E-state index < -0.39 is 0 Å². The van der Waals surface area contributed by atoms with E-state index in [1.54, 1.807) is 0 Å². The van der Waals surface area contributed by atoms with Crippen LogP contribution in [0.15, 0.2) is 18.2 Å². The molecular weight excluding hydrogens is 271 g/mol. The van der Waals surface area contributed by atoms with E-state index >= 15 is 0 Å². The molecule has 3 nitrogen and oxygen atoms in total. The predicted octanol–water partition coefficient (Wildman–Crippen LogP) is 3.28. The van der Waals surface area contributed by atoms with Crippen LogP contribution in [0.1, 0.15) is 24.9 Å². The van der Waals surface area contributed by atoms with Gasteiger partial charge in [-0.15, -0.1) is 0 Å². The Labute approximate surface area is 118 Å². The molecule has 2 rings (SSSR count). The summed E-state index contributed by atoms with van der Waals surface area (Å²) < 4.78 is 5.34. The van der Waals surface area contributed by atoms with Gasteiger partial charge in [0.2, 0.25) is 0 Å². The molecule has 0 amide bonds. The second kappa shape index (κ2) is 6.73. The molecule has 1 aromatic carbocycles. The van der Waals surface area contributed by atoms with Gasteiger partial charge < -0.3 is 4.74 Å². The number of morpholine rings is 1. The highest BCUT2D eigenvalue weighted by atomic mass is 35.5. The van der Waals surface area contributed by atoms with Crippen LogP contribution in [-0.2, 0) is 4.74 Å². The van der Waals surface area contributed by atoms with Crippen molar-refractivity contribution in [1.82, 2.24) is 10.4 Å². The van der Waals surface area contributed by atoms with Crippen molar-refractivity contribution in [2.24, 2.45) is 0 Å². The second-order valence-electron chi connectivity index (χ2n) is 4.36. The Balaban J connectivity index is 2.04. The van der Waals surface area contributed by atoms with E-state index in [-0.39, 0.29) is 6.04 Å². The maximum absolute atomic E-state index is 6.06. The van der Waals surface area contributed by atoms with E-state index in [1.807, 2.05) is 18.2 Å². The number of benzene rings is 1. The molecule has 1 saturated heterocycles. The van der Waals surface area contributed by atoms with E-state index in [0.29, 0.717) is 10.0 Å². The van der Waals surface area contributed by atoms with Crippen LogP contribution < -0.4 is 5.43 Å². The summed E-state index contributed by atoms with van der Waals surface area (Å²) in [6.45, 7) is 5.55. The largest absolute Gasteiger partial charge is 0.379 e. The summed E-state index contributed by atoms with van der Waals surface area (Å²) in [5.41, 5.74) is 4.69. The van der Waals surface area contributed by atoms with Crippen molar-refractivity contribution >= 4 is 23.2 Å². The first-order valence-corrected chi connectivity index (χ1v) is 7.00. The van der Waals surface area contributed by atoms with Gasteiger partial charge in [-0.2, -0.15) is 0 Å².